The average Bonchev–Trinajstić information content (AvgIpc) is 2.47. The predicted octanol–water partition coefficient (Wildman–Crippen LogP) is 2.08. The Hall–Kier alpha value is -2.71. The number of hydrogen-bond acceptors (Lipinski definition) is 5. The molecule has 0 aliphatic heterocycles. The summed E-state index contributed by atoms with van der Waals surface area (Å²) in [6.45, 7) is 0. The lowest BCUT2D eigenvalue weighted by molar-refractivity contribution is 0.0697. The first-order chi connectivity index (χ1) is 10.4. The Morgan fingerprint density at radius 1 is 1.14 bits per heavy atom. The van der Waals surface area contributed by atoms with Crippen LogP contribution in [0.4, 0.5) is 5.69 Å². The van der Waals surface area contributed by atoms with Gasteiger partial charge < -0.3 is 5.11 Å². The van der Waals surface area contributed by atoms with Crippen molar-refractivity contribution in [1.82, 2.24) is 0 Å². The fourth-order valence-corrected chi connectivity index (χ4v) is 2.19. The molecule has 22 heavy (non-hydrogen) atoms. The predicted molar refractivity (Wildman–Crippen MR) is 80.9 cm³/mol. The SMILES string of the molecule is O=C(O)c1ccc(S(=O)(=O)O)cc1N/N=C/c1ccccc1. The zero-order valence-corrected chi connectivity index (χ0v) is 12.0. The number of nitrogens with zero attached hydrogens (tertiary/aromatic N) is 1. The first-order valence-electron chi connectivity index (χ1n) is 6.07. The highest BCUT2D eigenvalue weighted by Gasteiger charge is 2.16. The molecule has 0 unspecified atom stereocenters. The Balaban J connectivity index is 2.32. The van der Waals surface area contributed by atoms with E-state index < -0.39 is 21.0 Å². The minimum absolute atomic E-state index is 0.0465. The Morgan fingerprint density at radius 3 is 2.41 bits per heavy atom. The van der Waals surface area contributed by atoms with Gasteiger partial charge in [0.15, 0.2) is 0 Å². The molecule has 3 N–H and O–H groups in total. The minimum atomic E-state index is -4.43. The molecule has 0 fully saturated rings. The lowest BCUT2D eigenvalue weighted by Gasteiger charge is -2.07. The second kappa shape index (κ2) is 6.37. The molecule has 0 aromatic heterocycles. The summed E-state index contributed by atoms with van der Waals surface area (Å²) in [7, 11) is -4.43. The van der Waals surface area contributed by atoms with Crippen LogP contribution >= 0.6 is 0 Å². The third kappa shape index (κ3) is 3.90. The molecule has 2 aromatic carbocycles. The topological polar surface area (TPSA) is 116 Å². The van der Waals surface area contributed by atoms with Crippen LogP contribution in [0.25, 0.3) is 0 Å². The van der Waals surface area contributed by atoms with Crippen LogP contribution in [-0.2, 0) is 10.1 Å². The maximum atomic E-state index is 11.1. The molecule has 7 nitrogen and oxygen atoms in total. The van der Waals surface area contributed by atoms with Crippen LogP contribution in [0.5, 0.6) is 0 Å². The van der Waals surface area contributed by atoms with Crippen LogP contribution in [-0.4, -0.2) is 30.3 Å². The van der Waals surface area contributed by atoms with Crippen LogP contribution in [0.3, 0.4) is 0 Å². The summed E-state index contributed by atoms with van der Waals surface area (Å²) in [5.74, 6) is -1.25. The number of carboxylic acid groups (broad SMARTS) is 1. The van der Waals surface area contributed by atoms with Crippen molar-refractivity contribution in [1.29, 1.82) is 0 Å². The summed E-state index contributed by atoms with van der Waals surface area (Å²) in [4.78, 5) is 10.7. The van der Waals surface area contributed by atoms with Gasteiger partial charge in [0, 0.05) is 0 Å². The number of aromatic carboxylic acids is 1. The summed E-state index contributed by atoms with van der Waals surface area (Å²) in [6.07, 6.45) is 1.45. The van der Waals surface area contributed by atoms with Gasteiger partial charge in [-0.3, -0.25) is 9.98 Å². The molecule has 0 amide bonds. The molecule has 0 saturated carbocycles. The largest absolute Gasteiger partial charge is 0.478 e. The molecule has 0 atom stereocenters. The number of benzene rings is 2. The van der Waals surface area contributed by atoms with E-state index in [-0.39, 0.29) is 11.3 Å². The van der Waals surface area contributed by atoms with Crippen molar-refractivity contribution < 1.29 is 22.9 Å². The van der Waals surface area contributed by atoms with Gasteiger partial charge in [-0.05, 0) is 23.8 Å². The summed E-state index contributed by atoms with van der Waals surface area (Å²) < 4.78 is 31.2. The number of nitrogens with one attached hydrogen (secondary N) is 1. The minimum Gasteiger partial charge on any atom is -0.478 e. The van der Waals surface area contributed by atoms with Crippen LogP contribution in [0.2, 0.25) is 0 Å². The van der Waals surface area contributed by atoms with Gasteiger partial charge in [0.05, 0.1) is 22.4 Å². The smallest absolute Gasteiger partial charge is 0.337 e. The van der Waals surface area contributed by atoms with Gasteiger partial charge in [-0.1, -0.05) is 30.3 Å². The van der Waals surface area contributed by atoms with Crippen LogP contribution in [0.15, 0.2) is 58.5 Å². The van der Waals surface area contributed by atoms with Gasteiger partial charge in [-0.15, -0.1) is 0 Å². The van der Waals surface area contributed by atoms with Gasteiger partial charge in [0.2, 0.25) is 0 Å². The summed E-state index contributed by atoms with van der Waals surface area (Å²) in [5.41, 5.74) is 3.03. The Morgan fingerprint density at radius 2 is 1.82 bits per heavy atom. The van der Waals surface area contributed by atoms with Crippen LogP contribution < -0.4 is 5.43 Å². The van der Waals surface area contributed by atoms with Gasteiger partial charge in [-0.25, -0.2) is 4.79 Å². The number of carboxylic acids is 1. The third-order valence-corrected chi connectivity index (χ3v) is 3.57. The van der Waals surface area contributed by atoms with Crippen molar-refractivity contribution in [2.24, 2.45) is 5.10 Å². The van der Waals surface area contributed by atoms with Crippen molar-refractivity contribution in [2.45, 2.75) is 4.90 Å². The summed E-state index contributed by atoms with van der Waals surface area (Å²) >= 11 is 0. The fraction of sp³-hybridized carbons (Fsp3) is 0. The van der Waals surface area contributed by atoms with Crippen molar-refractivity contribution in [3.63, 3.8) is 0 Å². The number of carbonyl (C=O) groups is 1. The lowest BCUT2D eigenvalue weighted by atomic mass is 10.2. The zero-order valence-electron chi connectivity index (χ0n) is 11.2. The van der Waals surface area contributed by atoms with E-state index in [9.17, 15) is 13.2 Å². The van der Waals surface area contributed by atoms with E-state index in [0.717, 1.165) is 23.8 Å². The molecule has 0 radical (unpaired) electrons. The summed E-state index contributed by atoms with van der Waals surface area (Å²) in [6, 6.07) is 12.1. The standard InChI is InChI=1S/C14H12N2O5S/c17-14(18)12-7-6-11(22(19,20)21)8-13(12)16-15-9-10-4-2-1-3-5-10/h1-9,16H,(H,17,18)(H,19,20,21)/b15-9+. The van der Waals surface area contributed by atoms with Crippen LogP contribution in [0.1, 0.15) is 15.9 Å². The van der Waals surface area contributed by atoms with E-state index in [1.54, 1.807) is 12.1 Å². The Kier molecular flexibility index (Phi) is 4.54. The van der Waals surface area contributed by atoms with E-state index >= 15 is 0 Å². The highest BCUT2D eigenvalue weighted by molar-refractivity contribution is 7.85. The molecule has 2 rings (SSSR count). The normalized spacial score (nSPS) is 11.5. The Labute approximate surface area is 126 Å². The monoisotopic (exact) mass is 320 g/mol. The zero-order chi connectivity index (χ0) is 16.2. The van der Waals surface area contributed by atoms with Crippen molar-refractivity contribution in [3.05, 3.63) is 59.7 Å². The Bertz CT molecular complexity index is 816. The van der Waals surface area contributed by atoms with Gasteiger partial charge >= 0.3 is 5.97 Å². The molecule has 0 heterocycles. The quantitative estimate of drug-likeness (QED) is 0.441. The lowest BCUT2D eigenvalue weighted by Crippen LogP contribution is -2.06. The van der Waals surface area contributed by atoms with Gasteiger partial charge in [0.1, 0.15) is 0 Å². The fourth-order valence-electron chi connectivity index (χ4n) is 1.68. The molecule has 0 spiro atoms. The van der Waals surface area contributed by atoms with E-state index in [0.29, 0.717) is 0 Å². The number of anilines is 1. The van der Waals surface area contributed by atoms with Crippen LogP contribution in [0, 0.1) is 0 Å². The molecular weight excluding hydrogens is 308 g/mol. The third-order valence-electron chi connectivity index (χ3n) is 2.72. The molecule has 0 bridgehead atoms. The first kappa shape index (κ1) is 15.7. The highest BCUT2D eigenvalue weighted by Crippen LogP contribution is 2.21. The number of hydrogen-bond donors (Lipinski definition) is 3. The van der Waals surface area contributed by atoms with E-state index in [1.165, 1.54) is 6.21 Å². The highest BCUT2D eigenvalue weighted by atomic mass is 32.2. The second-order valence-corrected chi connectivity index (χ2v) is 5.69. The molecule has 2 aromatic rings. The summed E-state index contributed by atoms with van der Waals surface area (Å²) in [5, 5.41) is 12.9. The van der Waals surface area contributed by atoms with E-state index in [2.05, 4.69) is 10.5 Å². The molecular formula is C14H12N2O5S. The van der Waals surface area contributed by atoms with Gasteiger partial charge in [0.25, 0.3) is 10.1 Å². The maximum Gasteiger partial charge on any atom is 0.337 e. The van der Waals surface area contributed by atoms with E-state index in [4.69, 9.17) is 9.66 Å². The van der Waals surface area contributed by atoms with Crippen molar-refractivity contribution in [2.75, 3.05) is 5.43 Å². The molecule has 8 heteroatoms. The van der Waals surface area contributed by atoms with Gasteiger partial charge in [-0.2, -0.15) is 13.5 Å². The number of rotatable bonds is 5. The molecule has 114 valence electrons. The number of hydrazone groups is 1. The average molecular weight is 320 g/mol. The van der Waals surface area contributed by atoms with Crippen molar-refractivity contribution >= 4 is 28.0 Å². The molecule has 0 saturated heterocycles. The molecule has 0 aliphatic rings. The molecule has 0 aliphatic carbocycles. The maximum absolute atomic E-state index is 11.1. The second-order valence-electron chi connectivity index (χ2n) is 4.27. The van der Waals surface area contributed by atoms with E-state index in [1.807, 2.05) is 18.2 Å². The van der Waals surface area contributed by atoms with Crippen molar-refractivity contribution in [3.8, 4) is 0 Å². The first-order valence-corrected chi connectivity index (χ1v) is 7.51.